The number of nitrogens with zero attached hydrogens (tertiary/aromatic N) is 1. The molecule has 84 valence electrons. The van der Waals surface area contributed by atoms with E-state index in [2.05, 4.69) is 12.1 Å². The summed E-state index contributed by atoms with van der Waals surface area (Å²) in [6.07, 6.45) is 12.0. The summed E-state index contributed by atoms with van der Waals surface area (Å²) in [7, 11) is 0. The van der Waals surface area contributed by atoms with E-state index in [9.17, 15) is 0 Å². The van der Waals surface area contributed by atoms with Crippen molar-refractivity contribution in [3.63, 3.8) is 0 Å². The summed E-state index contributed by atoms with van der Waals surface area (Å²) in [5, 5.41) is 0. The molecule has 3 unspecified atom stereocenters. The van der Waals surface area contributed by atoms with Gasteiger partial charge in [0.05, 0.1) is 0 Å². The first-order chi connectivity index (χ1) is 7.90. The second-order valence-electron chi connectivity index (χ2n) is 6.00. The average molecular weight is 213 g/mol. The van der Waals surface area contributed by atoms with Gasteiger partial charge in [0.2, 0.25) is 0 Å². The van der Waals surface area contributed by atoms with Crippen LogP contribution in [0.1, 0.15) is 49.8 Å². The van der Waals surface area contributed by atoms with E-state index in [1.807, 2.05) is 6.20 Å². The van der Waals surface area contributed by atoms with Crippen LogP contribution < -0.4 is 0 Å². The molecule has 3 aliphatic rings. The van der Waals surface area contributed by atoms with Crippen molar-refractivity contribution >= 4 is 0 Å². The van der Waals surface area contributed by atoms with Gasteiger partial charge in [0, 0.05) is 17.3 Å². The molecule has 1 nitrogen and oxygen atoms in total. The van der Waals surface area contributed by atoms with Crippen LogP contribution in [0.3, 0.4) is 0 Å². The Morgan fingerprint density at radius 3 is 3.19 bits per heavy atom. The third-order valence-electron chi connectivity index (χ3n) is 5.53. The zero-order chi connectivity index (χ0) is 10.6. The Bertz CT molecular complexity index is 421. The number of rotatable bonds is 0. The number of aromatic nitrogens is 1. The Hall–Kier alpha value is -0.850. The molecule has 0 saturated heterocycles. The van der Waals surface area contributed by atoms with E-state index >= 15 is 0 Å². The second kappa shape index (κ2) is 3.09. The van der Waals surface area contributed by atoms with Crippen molar-refractivity contribution in [3.8, 4) is 0 Å². The van der Waals surface area contributed by atoms with Gasteiger partial charge in [-0.15, -0.1) is 0 Å². The third-order valence-corrected chi connectivity index (χ3v) is 5.53. The fourth-order valence-corrected chi connectivity index (χ4v) is 4.94. The first-order valence-corrected chi connectivity index (χ1v) is 6.84. The van der Waals surface area contributed by atoms with Crippen LogP contribution in [0.2, 0.25) is 0 Å². The van der Waals surface area contributed by atoms with Crippen LogP contribution in [-0.2, 0) is 11.8 Å². The van der Waals surface area contributed by atoms with E-state index in [1.165, 1.54) is 50.6 Å². The van der Waals surface area contributed by atoms with Gasteiger partial charge in [-0.05, 0) is 55.6 Å². The Labute approximate surface area is 97.3 Å². The summed E-state index contributed by atoms with van der Waals surface area (Å²) < 4.78 is 0. The van der Waals surface area contributed by atoms with Crippen molar-refractivity contribution in [2.75, 3.05) is 0 Å². The molecule has 1 aromatic rings. The molecule has 3 atom stereocenters. The quantitative estimate of drug-likeness (QED) is 0.643. The molecule has 16 heavy (non-hydrogen) atoms. The molecule has 0 aromatic carbocycles. The molecule has 0 amide bonds. The highest BCUT2D eigenvalue weighted by molar-refractivity contribution is 5.34. The minimum atomic E-state index is 0.512. The monoisotopic (exact) mass is 213 g/mol. The molecular weight excluding hydrogens is 194 g/mol. The standard InChI is InChI=1S/C15H19N/c1-3-11-7-9-15(8-1)13(11)6-5-12-4-2-10-16-14(12)15/h2,4,10-11,13H,1,3,5-9H2. The predicted octanol–water partition coefficient (Wildman–Crippen LogP) is 3.48. The first-order valence-electron chi connectivity index (χ1n) is 6.84. The topological polar surface area (TPSA) is 12.9 Å². The van der Waals surface area contributed by atoms with Crippen molar-refractivity contribution in [3.05, 3.63) is 29.6 Å². The van der Waals surface area contributed by atoms with Gasteiger partial charge in [0.25, 0.3) is 0 Å². The minimum Gasteiger partial charge on any atom is -0.260 e. The lowest BCUT2D eigenvalue weighted by Crippen LogP contribution is -2.41. The highest BCUT2D eigenvalue weighted by Gasteiger charge is 2.54. The number of hydrogen-bond acceptors (Lipinski definition) is 1. The fraction of sp³-hybridized carbons (Fsp3) is 0.667. The van der Waals surface area contributed by atoms with Gasteiger partial charge in [0.15, 0.2) is 0 Å². The van der Waals surface area contributed by atoms with Crippen molar-refractivity contribution in [2.45, 2.75) is 50.4 Å². The minimum absolute atomic E-state index is 0.512. The van der Waals surface area contributed by atoms with Crippen LogP contribution in [0.4, 0.5) is 0 Å². The summed E-state index contributed by atoms with van der Waals surface area (Å²) >= 11 is 0. The molecule has 0 aliphatic heterocycles. The molecule has 1 aromatic heterocycles. The average Bonchev–Trinajstić information content (AvgIpc) is 2.57. The van der Waals surface area contributed by atoms with Crippen LogP contribution in [0.25, 0.3) is 0 Å². The van der Waals surface area contributed by atoms with Crippen LogP contribution >= 0.6 is 0 Å². The lowest BCUT2D eigenvalue weighted by atomic mass is 9.60. The largest absolute Gasteiger partial charge is 0.260 e. The predicted molar refractivity (Wildman–Crippen MR) is 64.3 cm³/mol. The Balaban J connectivity index is 1.90. The molecule has 0 radical (unpaired) electrons. The van der Waals surface area contributed by atoms with Crippen LogP contribution in [-0.4, -0.2) is 4.98 Å². The Morgan fingerprint density at radius 1 is 1.19 bits per heavy atom. The van der Waals surface area contributed by atoms with Crippen molar-refractivity contribution in [1.29, 1.82) is 0 Å². The van der Waals surface area contributed by atoms with E-state index in [-0.39, 0.29) is 0 Å². The van der Waals surface area contributed by atoms with Gasteiger partial charge < -0.3 is 0 Å². The van der Waals surface area contributed by atoms with Crippen molar-refractivity contribution < 1.29 is 0 Å². The van der Waals surface area contributed by atoms with Crippen molar-refractivity contribution in [1.82, 2.24) is 4.98 Å². The number of fused-ring (bicyclic) bond motifs is 1. The van der Waals surface area contributed by atoms with Crippen LogP contribution in [0.5, 0.6) is 0 Å². The summed E-state index contributed by atoms with van der Waals surface area (Å²) in [6, 6.07) is 4.43. The molecule has 3 aliphatic carbocycles. The maximum atomic E-state index is 4.77. The molecule has 1 heteroatoms. The number of hydrogen-bond donors (Lipinski definition) is 0. The maximum absolute atomic E-state index is 4.77. The molecule has 1 heterocycles. The summed E-state index contributed by atoms with van der Waals surface area (Å²) in [5.41, 5.74) is 3.56. The zero-order valence-electron chi connectivity index (χ0n) is 9.78. The Morgan fingerprint density at radius 2 is 2.19 bits per heavy atom. The second-order valence-corrected chi connectivity index (χ2v) is 6.00. The van der Waals surface area contributed by atoms with Crippen molar-refractivity contribution in [2.24, 2.45) is 11.8 Å². The van der Waals surface area contributed by atoms with E-state index in [4.69, 9.17) is 4.98 Å². The Kier molecular flexibility index (Phi) is 1.78. The highest BCUT2D eigenvalue weighted by Crippen LogP contribution is 2.60. The van der Waals surface area contributed by atoms with Gasteiger partial charge in [-0.3, -0.25) is 4.98 Å². The van der Waals surface area contributed by atoms with Crippen LogP contribution in [0, 0.1) is 11.8 Å². The third kappa shape index (κ3) is 0.996. The first kappa shape index (κ1) is 9.21. The molecule has 4 rings (SSSR count). The lowest BCUT2D eigenvalue weighted by molar-refractivity contribution is 0.157. The van der Waals surface area contributed by atoms with Crippen LogP contribution in [0.15, 0.2) is 18.3 Å². The van der Waals surface area contributed by atoms with Gasteiger partial charge in [0.1, 0.15) is 0 Å². The molecule has 2 fully saturated rings. The van der Waals surface area contributed by atoms with Gasteiger partial charge in [-0.25, -0.2) is 0 Å². The lowest BCUT2D eigenvalue weighted by Gasteiger charge is -2.45. The van der Waals surface area contributed by atoms with E-state index in [0.29, 0.717) is 5.41 Å². The van der Waals surface area contributed by atoms with Gasteiger partial charge in [-0.2, -0.15) is 0 Å². The number of aryl methyl sites for hydroxylation is 1. The van der Waals surface area contributed by atoms with Gasteiger partial charge >= 0.3 is 0 Å². The molecule has 0 spiro atoms. The summed E-state index contributed by atoms with van der Waals surface area (Å²) in [5.74, 6) is 2.01. The smallest absolute Gasteiger partial charge is 0.0500 e. The molecule has 2 bridgehead atoms. The molecule has 2 saturated carbocycles. The summed E-state index contributed by atoms with van der Waals surface area (Å²) in [4.78, 5) is 4.77. The van der Waals surface area contributed by atoms with E-state index in [1.54, 1.807) is 5.56 Å². The maximum Gasteiger partial charge on any atom is 0.0500 e. The van der Waals surface area contributed by atoms with E-state index in [0.717, 1.165) is 11.8 Å². The fourth-order valence-electron chi connectivity index (χ4n) is 4.94. The highest BCUT2D eigenvalue weighted by atomic mass is 14.8. The zero-order valence-corrected chi connectivity index (χ0v) is 9.78. The molecule has 0 N–H and O–H groups in total. The number of pyridine rings is 1. The van der Waals surface area contributed by atoms with Gasteiger partial charge in [-0.1, -0.05) is 18.9 Å². The van der Waals surface area contributed by atoms with E-state index < -0.39 is 0 Å². The summed E-state index contributed by atoms with van der Waals surface area (Å²) in [6.45, 7) is 0. The molecular formula is C15H19N. The normalized spacial score (nSPS) is 40.2. The SMILES string of the molecule is c1cnc2c(c1)CCC1C3CCCC21CC3.